The number of aliphatic hydroxyl groups excluding tert-OH is 1. The summed E-state index contributed by atoms with van der Waals surface area (Å²) in [5.41, 5.74) is 0.658. The van der Waals surface area contributed by atoms with E-state index in [4.69, 9.17) is 16.7 Å². The molecule has 0 aromatic carbocycles. The standard InChI is InChI=1S/C15H24ClN3O2/c1-12(2)19-11-13(16)10-14(19)15(21)18-5-3-4-17(6-7-18)8-9-20/h10-12,20H,3-9H2,1-2H3. The van der Waals surface area contributed by atoms with Crippen molar-refractivity contribution in [2.45, 2.75) is 26.3 Å². The van der Waals surface area contributed by atoms with E-state index in [1.807, 2.05) is 29.5 Å². The first-order valence-corrected chi connectivity index (χ1v) is 7.90. The van der Waals surface area contributed by atoms with Gasteiger partial charge in [0.1, 0.15) is 5.69 Å². The van der Waals surface area contributed by atoms with Crippen LogP contribution in [-0.2, 0) is 0 Å². The molecule has 1 aromatic heterocycles. The van der Waals surface area contributed by atoms with E-state index in [0.717, 1.165) is 26.1 Å². The number of carbonyl (C=O) groups excluding carboxylic acids is 1. The van der Waals surface area contributed by atoms with Gasteiger partial charge in [-0.2, -0.15) is 0 Å². The highest BCUT2D eigenvalue weighted by molar-refractivity contribution is 6.31. The lowest BCUT2D eigenvalue weighted by Crippen LogP contribution is -2.36. The zero-order valence-electron chi connectivity index (χ0n) is 12.8. The molecule has 1 N–H and O–H groups in total. The highest BCUT2D eigenvalue weighted by atomic mass is 35.5. The Labute approximate surface area is 131 Å². The minimum atomic E-state index is 0.0430. The van der Waals surface area contributed by atoms with E-state index in [2.05, 4.69) is 4.90 Å². The summed E-state index contributed by atoms with van der Waals surface area (Å²) in [4.78, 5) is 16.8. The van der Waals surface area contributed by atoms with E-state index in [9.17, 15) is 4.79 Å². The molecule has 6 heteroatoms. The highest BCUT2D eigenvalue weighted by Gasteiger charge is 2.23. The first kappa shape index (κ1) is 16.3. The Morgan fingerprint density at radius 1 is 1.33 bits per heavy atom. The molecule has 0 saturated carbocycles. The molecule has 2 rings (SSSR count). The van der Waals surface area contributed by atoms with E-state index in [1.165, 1.54) is 0 Å². The third kappa shape index (κ3) is 3.99. The molecule has 1 fully saturated rings. The van der Waals surface area contributed by atoms with Gasteiger partial charge in [-0.1, -0.05) is 11.6 Å². The summed E-state index contributed by atoms with van der Waals surface area (Å²) in [5.74, 6) is 0.0430. The fraction of sp³-hybridized carbons (Fsp3) is 0.667. The Bertz CT molecular complexity index is 487. The van der Waals surface area contributed by atoms with Gasteiger partial charge in [0.15, 0.2) is 0 Å². The van der Waals surface area contributed by atoms with Gasteiger partial charge in [0.05, 0.1) is 11.6 Å². The van der Waals surface area contributed by atoms with Crippen LogP contribution in [-0.4, -0.2) is 64.7 Å². The second kappa shape index (κ2) is 7.29. The number of rotatable bonds is 4. The quantitative estimate of drug-likeness (QED) is 0.923. The molecular formula is C15H24ClN3O2. The minimum Gasteiger partial charge on any atom is -0.395 e. The van der Waals surface area contributed by atoms with Crippen LogP contribution in [0.25, 0.3) is 0 Å². The molecule has 0 spiro atoms. The first-order valence-electron chi connectivity index (χ1n) is 7.52. The van der Waals surface area contributed by atoms with Crippen molar-refractivity contribution in [1.29, 1.82) is 0 Å². The highest BCUT2D eigenvalue weighted by Crippen LogP contribution is 2.21. The van der Waals surface area contributed by atoms with Crippen LogP contribution >= 0.6 is 11.6 Å². The molecule has 0 atom stereocenters. The van der Waals surface area contributed by atoms with Gasteiger partial charge >= 0.3 is 0 Å². The number of nitrogens with zero attached hydrogens (tertiary/aromatic N) is 3. The number of hydrogen-bond acceptors (Lipinski definition) is 3. The van der Waals surface area contributed by atoms with E-state index < -0.39 is 0 Å². The van der Waals surface area contributed by atoms with Crippen LogP contribution in [0, 0.1) is 0 Å². The van der Waals surface area contributed by atoms with Gasteiger partial charge in [-0.3, -0.25) is 9.69 Å². The van der Waals surface area contributed by atoms with Gasteiger partial charge < -0.3 is 14.6 Å². The summed E-state index contributed by atoms with van der Waals surface area (Å²) in [7, 11) is 0. The summed E-state index contributed by atoms with van der Waals surface area (Å²) in [6.45, 7) is 8.10. The number of carbonyl (C=O) groups is 1. The van der Waals surface area contributed by atoms with E-state index >= 15 is 0 Å². The minimum absolute atomic E-state index is 0.0430. The number of β-amino-alcohol motifs (C(OH)–C–C–N with tert-alkyl or cyclic N) is 1. The molecule has 1 aromatic rings. The molecule has 1 amide bonds. The Morgan fingerprint density at radius 3 is 2.76 bits per heavy atom. The lowest BCUT2D eigenvalue weighted by Gasteiger charge is -2.23. The van der Waals surface area contributed by atoms with Crippen molar-refractivity contribution >= 4 is 17.5 Å². The summed E-state index contributed by atoms with van der Waals surface area (Å²) in [5, 5.41) is 9.62. The second-order valence-corrected chi connectivity index (χ2v) is 6.19. The van der Waals surface area contributed by atoms with Crippen LogP contribution in [0.4, 0.5) is 0 Å². The molecule has 5 nitrogen and oxygen atoms in total. The number of aliphatic hydroxyl groups is 1. The number of aromatic nitrogens is 1. The first-order chi connectivity index (χ1) is 10.0. The number of hydrogen-bond donors (Lipinski definition) is 1. The molecule has 1 aliphatic heterocycles. The Morgan fingerprint density at radius 2 is 2.10 bits per heavy atom. The van der Waals surface area contributed by atoms with Gasteiger partial charge in [0.2, 0.25) is 0 Å². The van der Waals surface area contributed by atoms with Crippen molar-refractivity contribution in [3.05, 3.63) is 23.0 Å². The van der Waals surface area contributed by atoms with Crippen LogP contribution in [0.1, 0.15) is 36.8 Å². The maximum Gasteiger partial charge on any atom is 0.270 e. The summed E-state index contributed by atoms with van der Waals surface area (Å²) >= 11 is 6.06. The smallest absolute Gasteiger partial charge is 0.270 e. The maximum atomic E-state index is 12.7. The molecule has 0 radical (unpaired) electrons. The average Bonchev–Trinajstić information content (AvgIpc) is 2.68. The van der Waals surface area contributed by atoms with Gasteiger partial charge in [0.25, 0.3) is 5.91 Å². The molecule has 1 saturated heterocycles. The van der Waals surface area contributed by atoms with Crippen molar-refractivity contribution in [1.82, 2.24) is 14.4 Å². The maximum absolute atomic E-state index is 12.7. The SMILES string of the molecule is CC(C)n1cc(Cl)cc1C(=O)N1CCCN(CCO)CC1. The Kier molecular flexibility index (Phi) is 5.67. The third-order valence-electron chi connectivity index (χ3n) is 3.88. The Balaban J connectivity index is 2.09. The molecule has 118 valence electrons. The fourth-order valence-electron chi connectivity index (χ4n) is 2.75. The second-order valence-electron chi connectivity index (χ2n) is 5.76. The van der Waals surface area contributed by atoms with Crippen LogP contribution in [0.3, 0.4) is 0 Å². The molecule has 0 unspecified atom stereocenters. The normalized spacial score (nSPS) is 17.3. The van der Waals surface area contributed by atoms with E-state index in [-0.39, 0.29) is 18.6 Å². The number of amides is 1. The molecule has 0 aliphatic carbocycles. The molecular weight excluding hydrogens is 290 g/mol. The van der Waals surface area contributed by atoms with Crippen LogP contribution in [0.5, 0.6) is 0 Å². The van der Waals surface area contributed by atoms with Crippen molar-refractivity contribution in [2.24, 2.45) is 0 Å². The lowest BCUT2D eigenvalue weighted by atomic mass is 10.3. The monoisotopic (exact) mass is 313 g/mol. The largest absolute Gasteiger partial charge is 0.395 e. The topological polar surface area (TPSA) is 48.7 Å². The molecule has 1 aliphatic rings. The predicted molar refractivity (Wildman–Crippen MR) is 83.9 cm³/mol. The van der Waals surface area contributed by atoms with E-state index in [0.29, 0.717) is 23.8 Å². The third-order valence-corrected chi connectivity index (χ3v) is 4.09. The lowest BCUT2D eigenvalue weighted by molar-refractivity contribution is 0.0748. The van der Waals surface area contributed by atoms with Crippen molar-refractivity contribution in [3.8, 4) is 0 Å². The zero-order valence-corrected chi connectivity index (χ0v) is 13.5. The molecule has 21 heavy (non-hydrogen) atoms. The number of halogens is 1. The van der Waals surface area contributed by atoms with Gasteiger partial charge in [-0.05, 0) is 32.9 Å². The Hall–Kier alpha value is -1.04. The van der Waals surface area contributed by atoms with Gasteiger partial charge in [0, 0.05) is 38.4 Å². The molecule has 2 heterocycles. The van der Waals surface area contributed by atoms with Gasteiger partial charge in [-0.15, -0.1) is 0 Å². The summed E-state index contributed by atoms with van der Waals surface area (Å²) < 4.78 is 1.93. The van der Waals surface area contributed by atoms with Gasteiger partial charge in [-0.25, -0.2) is 0 Å². The average molecular weight is 314 g/mol. The summed E-state index contributed by atoms with van der Waals surface area (Å²) in [6.07, 6.45) is 2.75. The van der Waals surface area contributed by atoms with Crippen molar-refractivity contribution < 1.29 is 9.90 Å². The zero-order chi connectivity index (χ0) is 15.4. The van der Waals surface area contributed by atoms with Crippen LogP contribution in [0.2, 0.25) is 5.02 Å². The van der Waals surface area contributed by atoms with Crippen molar-refractivity contribution in [3.63, 3.8) is 0 Å². The van der Waals surface area contributed by atoms with Crippen LogP contribution < -0.4 is 0 Å². The summed E-state index contributed by atoms with van der Waals surface area (Å²) in [6, 6.07) is 1.95. The molecule has 0 bridgehead atoms. The van der Waals surface area contributed by atoms with Crippen molar-refractivity contribution in [2.75, 3.05) is 39.3 Å². The van der Waals surface area contributed by atoms with Crippen LogP contribution in [0.15, 0.2) is 12.3 Å². The van der Waals surface area contributed by atoms with E-state index in [1.54, 1.807) is 6.07 Å². The predicted octanol–water partition coefficient (Wildman–Crippen LogP) is 1.86. The fourth-order valence-corrected chi connectivity index (χ4v) is 2.95.